The van der Waals surface area contributed by atoms with Gasteiger partial charge >= 0.3 is 0 Å². The van der Waals surface area contributed by atoms with Crippen LogP contribution in [0.5, 0.6) is 0 Å². The molecule has 0 amide bonds. The van der Waals surface area contributed by atoms with Gasteiger partial charge in [0.05, 0.1) is 6.61 Å². The van der Waals surface area contributed by atoms with E-state index in [2.05, 4.69) is 31.3 Å². The Labute approximate surface area is 109 Å². The molecule has 0 aliphatic heterocycles. The van der Waals surface area contributed by atoms with Crippen molar-refractivity contribution in [1.29, 1.82) is 0 Å². The molecule has 0 aliphatic rings. The highest BCUT2D eigenvalue weighted by Gasteiger charge is 2.10. The van der Waals surface area contributed by atoms with Crippen molar-refractivity contribution < 1.29 is 4.74 Å². The van der Waals surface area contributed by atoms with E-state index < -0.39 is 0 Å². The Bertz CT molecular complexity index is 341. The molecular weight excluding hydrogens is 234 g/mol. The molecule has 0 aliphatic carbocycles. The molecule has 0 saturated carbocycles. The first-order valence-corrected chi connectivity index (χ1v) is 6.52. The van der Waals surface area contributed by atoms with Gasteiger partial charge in [-0.05, 0) is 43.5 Å². The summed E-state index contributed by atoms with van der Waals surface area (Å²) in [4.78, 5) is 0. The van der Waals surface area contributed by atoms with Crippen LogP contribution in [-0.2, 0) is 11.2 Å². The minimum atomic E-state index is 0.333. The molecule has 0 fully saturated rings. The second-order valence-corrected chi connectivity index (χ2v) is 4.81. The number of rotatable bonds is 7. The molecule has 1 N–H and O–H groups in total. The second-order valence-electron chi connectivity index (χ2n) is 4.41. The van der Waals surface area contributed by atoms with Gasteiger partial charge in [0.2, 0.25) is 0 Å². The molecule has 0 aromatic heterocycles. The van der Waals surface area contributed by atoms with Gasteiger partial charge in [0.15, 0.2) is 0 Å². The Morgan fingerprint density at radius 1 is 1.41 bits per heavy atom. The molecule has 0 spiro atoms. The molecule has 0 heterocycles. The highest BCUT2D eigenvalue weighted by molar-refractivity contribution is 6.31. The van der Waals surface area contributed by atoms with Gasteiger partial charge in [0, 0.05) is 18.2 Å². The average Bonchev–Trinajstić information content (AvgIpc) is 2.29. The van der Waals surface area contributed by atoms with Crippen LogP contribution in [-0.4, -0.2) is 26.3 Å². The summed E-state index contributed by atoms with van der Waals surface area (Å²) in [6, 6.07) is 6.56. The molecule has 1 aromatic rings. The van der Waals surface area contributed by atoms with E-state index in [-0.39, 0.29) is 0 Å². The number of nitrogens with one attached hydrogen (secondary N) is 1. The molecule has 3 heteroatoms. The number of benzene rings is 1. The fourth-order valence-corrected chi connectivity index (χ4v) is 2.14. The summed E-state index contributed by atoms with van der Waals surface area (Å²) in [6.07, 6.45) is 2.04. The Hall–Kier alpha value is -0.570. The summed E-state index contributed by atoms with van der Waals surface area (Å²) >= 11 is 6.24. The minimum Gasteiger partial charge on any atom is -0.383 e. The maximum absolute atomic E-state index is 6.24. The van der Waals surface area contributed by atoms with Gasteiger partial charge in [-0.3, -0.25) is 0 Å². The van der Waals surface area contributed by atoms with Crippen molar-refractivity contribution in [3.63, 3.8) is 0 Å². The molecule has 0 saturated heterocycles. The van der Waals surface area contributed by atoms with Crippen LogP contribution in [0.1, 0.15) is 24.5 Å². The maximum atomic E-state index is 6.24. The van der Waals surface area contributed by atoms with E-state index in [9.17, 15) is 0 Å². The molecule has 1 atom stereocenters. The van der Waals surface area contributed by atoms with Crippen molar-refractivity contribution in [1.82, 2.24) is 5.32 Å². The second kappa shape index (κ2) is 7.70. The predicted octanol–water partition coefficient (Wildman–Crippen LogP) is 3.21. The fourth-order valence-electron chi connectivity index (χ4n) is 1.82. The van der Waals surface area contributed by atoms with Crippen molar-refractivity contribution in [2.45, 2.75) is 32.7 Å². The molecular formula is C14H22ClNO. The van der Waals surface area contributed by atoms with Crippen LogP contribution in [0.2, 0.25) is 5.02 Å². The molecule has 1 unspecified atom stereocenters. The zero-order chi connectivity index (χ0) is 12.7. The van der Waals surface area contributed by atoms with Crippen molar-refractivity contribution in [2.24, 2.45) is 0 Å². The highest BCUT2D eigenvalue weighted by Crippen LogP contribution is 2.19. The summed E-state index contributed by atoms with van der Waals surface area (Å²) < 4.78 is 5.23. The quantitative estimate of drug-likeness (QED) is 0.808. The van der Waals surface area contributed by atoms with E-state index in [0.717, 1.165) is 24.4 Å². The number of hydrogen-bond donors (Lipinski definition) is 1. The fraction of sp³-hybridized carbons (Fsp3) is 0.571. The van der Waals surface area contributed by atoms with Gasteiger partial charge in [0.25, 0.3) is 0 Å². The lowest BCUT2D eigenvalue weighted by Crippen LogP contribution is -2.35. The van der Waals surface area contributed by atoms with E-state index in [4.69, 9.17) is 16.3 Å². The first kappa shape index (κ1) is 14.5. The smallest absolute Gasteiger partial charge is 0.0619 e. The lowest BCUT2D eigenvalue weighted by atomic mass is 10.0. The molecule has 1 rings (SSSR count). The third kappa shape index (κ3) is 5.07. The zero-order valence-electron chi connectivity index (χ0n) is 10.9. The number of halogens is 1. The van der Waals surface area contributed by atoms with E-state index in [0.29, 0.717) is 12.6 Å². The summed E-state index contributed by atoms with van der Waals surface area (Å²) in [5.41, 5.74) is 2.38. The number of hydrogen-bond acceptors (Lipinski definition) is 2. The highest BCUT2D eigenvalue weighted by atomic mass is 35.5. The van der Waals surface area contributed by atoms with E-state index in [1.54, 1.807) is 7.11 Å². The van der Waals surface area contributed by atoms with E-state index in [1.807, 2.05) is 6.07 Å². The monoisotopic (exact) mass is 255 g/mol. The number of methoxy groups -OCH3 is 1. The molecule has 17 heavy (non-hydrogen) atoms. The standard InChI is InChI=1S/C14H22ClNO/c1-4-7-16-13(10-17-3)9-12-6-5-11(2)8-14(12)15/h5-6,8,13,16H,4,7,9-10H2,1-3H3. The van der Waals surface area contributed by atoms with Crippen LogP contribution < -0.4 is 5.32 Å². The van der Waals surface area contributed by atoms with Gasteiger partial charge in [-0.1, -0.05) is 30.7 Å². The first-order chi connectivity index (χ1) is 8.17. The molecule has 96 valence electrons. The van der Waals surface area contributed by atoms with Crippen molar-refractivity contribution in [2.75, 3.05) is 20.3 Å². The summed E-state index contributed by atoms with van der Waals surface area (Å²) in [6.45, 7) is 5.94. The van der Waals surface area contributed by atoms with Crippen LogP contribution in [0, 0.1) is 6.92 Å². The van der Waals surface area contributed by atoms with Gasteiger partial charge in [-0.15, -0.1) is 0 Å². The summed E-state index contributed by atoms with van der Waals surface area (Å²) in [5.74, 6) is 0. The van der Waals surface area contributed by atoms with Crippen LogP contribution >= 0.6 is 11.6 Å². The Kier molecular flexibility index (Phi) is 6.56. The maximum Gasteiger partial charge on any atom is 0.0619 e. The third-order valence-electron chi connectivity index (χ3n) is 2.73. The van der Waals surface area contributed by atoms with Gasteiger partial charge < -0.3 is 10.1 Å². The summed E-state index contributed by atoms with van der Waals surface area (Å²) in [5, 5.41) is 4.33. The SMILES string of the molecule is CCCNC(COC)Cc1ccc(C)cc1Cl. The first-order valence-electron chi connectivity index (χ1n) is 6.14. The lowest BCUT2D eigenvalue weighted by Gasteiger charge is -2.18. The molecule has 0 bridgehead atoms. The van der Waals surface area contributed by atoms with Gasteiger partial charge in [0.1, 0.15) is 0 Å². The van der Waals surface area contributed by atoms with Gasteiger partial charge in [-0.25, -0.2) is 0 Å². The van der Waals surface area contributed by atoms with E-state index >= 15 is 0 Å². The predicted molar refractivity (Wildman–Crippen MR) is 73.9 cm³/mol. The largest absolute Gasteiger partial charge is 0.383 e. The van der Waals surface area contributed by atoms with Crippen LogP contribution in [0.15, 0.2) is 18.2 Å². The third-order valence-corrected chi connectivity index (χ3v) is 3.08. The number of ether oxygens (including phenoxy) is 1. The average molecular weight is 256 g/mol. The Morgan fingerprint density at radius 3 is 2.76 bits per heavy atom. The molecule has 0 radical (unpaired) electrons. The zero-order valence-corrected chi connectivity index (χ0v) is 11.7. The van der Waals surface area contributed by atoms with Crippen molar-refractivity contribution >= 4 is 11.6 Å². The number of aryl methyl sites for hydroxylation is 1. The molecule has 2 nitrogen and oxygen atoms in total. The topological polar surface area (TPSA) is 21.3 Å². The lowest BCUT2D eigenvalue weighted by molar-refractivity contribution is 0.166. The normalized spacial score (nSPS) is 12.7. The minimum absolute atomic E-state index is 0.333. The summed E-state index contributed by atoms with van der Waals surface area (Å²) in [7, 11) is 1.73. The van der Waals surface area contributed by atoms with Crippen LogP contribution in [0.4, 0.5) is 0 Å². The van der Waals surface area contributed by atoms with E-state index in [1.165, 1.54) is 11.1 Å². The van der Waals surface area contributed by atoms with Gasteiger partial charge in [-0.2, -0.15) is 0 Å². The molecule has 1 aromatic carbocycles. The van der Waals surface area contributed by atoms with Crippen LogP contribution in [0.3, 0.4) is 0 Å². The Morgan fingerprint density at radius 2 is 2.18 bits per heavy atom. The van der Waals surface area contributed by atoms with Crippen molar-refractivity contribution in [3.05, 3.63) is 34.3 Å². The van der Waals surface area contributed by atoms with Crippen molar-refractivity contribution in [3.8, 4) is 0 Å². The Balaban J connectivity index is 2.64. The van der Waals surface area contributed by atoms with Crippen LogP contribution in [0.25, 0.3) is 0 Å².